The SMILES string of the molecule is CCOC(=O)N1CCN(C(=O)C2Cc3cc(C(F)(F)F)ccc3N3CCN(Cc4ccc(F)cc4)CC23)CC1. The van der Waals surface area contributed by atoms with E-state index in [9.17, 15) is 27.2 Å². The number of anilines is 1. The molecule has 210 valence electrons. The summed E-state index contributed by atoms with van der Waals surface area (Å²) in [6, 6.07) is 9.90. The van der Waals surface area contributed by atoms with Crippen molar-refractivity contribution in [3.8, 4) is 0 Å². The Kier molecular flexibility index (Phi) is 7.70. The van der Waals surface area contributed by atoms with Crippen molar-refractivity contribution in [3.05, 3.63) is 65.0 Å². The van der Waals surface area contributed by atoms with Gasteiger partial charge in [-0.3, -0.25) is 9.69 Å². The minimum Gasteiger partial charge on any atom is -0.450 e. The number of piperazine rings is 2. The fourth-order valence-electron chi connectivity index (χ4n) is 5.89. The molecule has 5 rings (SSSR count). The Labute approximate surface area is 224 Å². The van der Waals surface area contributed by atoms with E-state index in [1.807, 2.05) is 0 Å². The van der Waals surface area contributed by atoms with E-state index in [1.54, 1.807) is 28.9 Å². The average Bonchev–Trinajstić information content (AvgIpc) is 2.93. The zero-order chi connectivity index (χ0) is 27.7. The molecule has 39 heavy (non-hydrogen) atoms. The summed E-state index contributed by atoms with van der Waals surface area (Å²) < 4.78 is 59.0. The van der Waals surface area contributed by atoms with E-state index < -0.39 is 23.8 Å². The molecule has 0 N–H and O–H groups in total. The lowest BCUT2D eigenvalue weighted by Crippen LogP contribution is -2.62. The fraction of sp³-hybridized carbons (Fsp3) is 0.500. The van der Waals surface area contributed by atoms with Crippen LogP contribution in [0.2, 0.25) is 0 Å². The molecule has 0 aromatic heterocycles. The van der Waals surface area contributed by atoms with Gasteiger partial charge in [0.15, 0.2) is 0 Å². The van der Waals surface area contributed by atoms with Gasteiger partial charge in [-0.05, 0) is 54.8 Å². The third-order valence-electron chi connectivity index (χ3n) is 7.88. The van der Waals surface area contributed by atoms with Gasteiger partial charge in [0.2, 0.25) is 5.91 Å². The molecule has 2 atom stereocenters. The highest BCUT2D eigenvalue weighted by Gasteiger charge is 2.44. The summed E-state index contributed by atoms with van der Waals surface area (Å²) in [5.74, 6) is -0.953. The number of amides is 2. The minimum atomic E-state index is -4.47. The van der Waals surface area contributed by atoms with Gasteiger partial charge in [0, 0.05) is 58.0 Å². The minimum absolute atomic E-state index is 0.111. The van der Waals surface area contributed by atoms with Crippen LogP contribution in [0.25, 0.3) is 0 Å². The number of ether oxygens (including phenoxy) is 1. The van der Waals surface area contributed by atoms with Gasteiger partial charge in [0.1, 0.15) is 5.82 Å². The molecule has 0 aliphatic carbocycles. The maximum absolute atomic E-state index is 13.9. The highest BCUT2D eigenvalue weighted by molar-refractivity contribution is 5.82. The Morgan fingerprint density at radius 3 is 2.31 bits per heavy atom. The lowest BCUT2D eigenvalue weighted by molar-refractivity contribution is -0.138. The zero-order valence-electron chi connectivity index (χ0n) is 21.8. The van der Waals surface area contributed by atoms with Crippen molar-refractivity contribution < 1.29 is 31.9 Å². The fourth-order valence-corrected chi connectivity index (χ4v) is 5.89. The summed E-state index contributed by atoms with van der Waals surface area (Å²) in [6.07, 6.45) is -4.67. The average molecular weight is 549 g/mol. The van der Waals surface area contributed by atoms with E-state index in [2.05, 4.69) is 9.80 Å². The third kappa shape index (κ3) is 5.83. The molecular formula is C28H32F4N4O3. The predicted molar refractivity (Wildman–Crippen MR) is 137 cm³/mol. The van der Waals surface area contributed by atoms with Crippen molar-refractivity contribution >= 4 is 17.7 Å². The Bertz CT molecular complexity index is 1200. The van der Waals surface area contributed by atoms with Crippen LogP contribution in [0.5, 0.6) is 0 Å². The maximum Gasteiger partial charge on any atom is 0.416 e. The first-order valence-electron chi connectivity index (χ1n) is 13.3. The molecule has 0 bridgehead atoms. The number of nitrogens with zero attached hydrogens (tertiary/aromatic N) is 4. The summed E-state index contributed by atoms with van der Waals surface area (Å²) in [4.78, 5) is 33.6. The van der Waals surface area contributed by atoms with Gasteiger partial charge in [0.05, 0.1) is 24.1 Å². The Balaban J connectivity index is 1.38. The number of hydrogen-bond donors (Lipinski definition) is 0. The van der Waals surface area contributed by atoms with Gasteiger partial charge in [-0.1, -0.05) is 12.1 Å². The van der Waals surface area contributed by atoms with Gasteiger partial charge in [-0.25, -0.2) is 9.18 Å². The number of rotatable bonds is 4. The van der Waals surface area contributed by atoms with Crippen LogP contribution in [0.15, 0.2) is 42.5 Å². The second-order valence-corrected chi connectivity index (χ2v) is 10.3. The summed E-state index contributed by atoms with van der Waals surface area (Å²) in [7, 11) is 0. The second-order valence-electron chi connectivity index (χ2n) is 10.3. The molecule has 2 amide bonds. The monoisotopic (exact) mass is 548 g/mol. The van der Waals surface area contributed by atoms with E-state index in [0.29, 0.717) is 57.9 Å². The van der Waals surface area contributed by atoms with Crippen LogP contribution in [-0.2, 0) is 28.7 Å². The normalized spacial score (nSPS) is 21.8. The van der Waals surface area contributed by atoms with Crippen molar-refractivity contribution in [2.24, 2.45) is 5.92 Å². The van der Waals surface area contributed by atoms with Crippen molar-refractivity contribution in [2.75, 3.05) is 57.3 Å². The molecule has 3 heterocycles. The molecule has 2 aromatic rings. The molecule has 2 fully saturated rings. The van der Waals surface area contributed by atoms with E-state index in [-0.39, 0.29) is 30.8 Å². The van der Waals surface area contributed by atoms with Crippen LogP contribution in [0, 0.1) is 11.7 Å². The molecule has 2 saturated heterocycles. The van der Waals surface area contributed by atoms with Crippen LogP contribution in [-0.4, -0.2) is 85.2 Å². The lowest BCUT2D eigenvalue weighted by atomic mass is 9.82. The number of carbonyl (C=O) groups is 2. The molecule has 0 saturated carbocycles. The predicted octanol–water partition coefficient (Wildman–Crippen LogP) is 4.01. The number of carbonyl (C=O) groups excluding carboxylic acids is 2. The number of halogens is 4. The van der Waals surface area contributed by atoms with Crippen LogP contribution in [0.4, 0.5) is 28.0 Å². The highest BCUT2D eigenvalue weighted by Crippen LogP contribution is 2.40. The van der Waals surface area contributed by atoms with Crippen molar-refractivity contribution in [1.29, 1.82) is 0 Å². The molecule has 2 aromatic carbocycles. The van der Waals surface area contributed by atoms with Crippen LogP contribution >= 0.6 is 0 Å². The maximum atomic E-state index is 13.9. The summed E-state index contributed by atoms with van der Waals surface area (Å²) >= 11 is 0. The van der Waals surface area contributed by atoms with Gasteiger partial charge in [-0.2, -0.15) is 13.2 Å². The molecule has 3 aliphatic rings. The molecular weight excluding hydrogens is 516 g/mol. The number of alkyl halides is 3. The van der Waals surface area contributed by atoms with Crippen molar-refractivity contribution in [3.63, 3.8) is 0 Å². The van der Waals surface area contributed by atoms with E-state index in [4.69, 9.17) is 4.74 Å². The largest absolute Gasteiger partial charge is 0.450 e. The third-order valence-corrected chi connectivity index (χ3v) is 7.88. The van der Waals surface area contributed by atoms with Gasteiger partial charge in [-0.15, -0.1) is 0 Å². The summed E-state index contributed by atoms with van der Waals surface area (Å²) in [5.41, 5.74) is 1.50. The smallest absolute Gasteiger partial charge is 0.416 e. The summed E-state index contributed by atoms with van der Waals surface area (Å²) in [6.45, 7) is 5.74. The first-order chi connectivity index (χ1) is 18.6. The van der Waals surface area contributed by atoms with Gasteiger partial charge in [0.25, 0.3) is 0 Å². The molecule has 2 unspecified atom stereocenters. The summed E-state index contributed by atoms with van der Waals surface area (Å²) in [5, 5.41) is 0. The van der Waals surface area contributed by atoms with Crippen LogP contribution < -0.4 is 4.90 Å². The topological polar surface area (TPSA) is 56.3 Å². The first-order valence-corrected chi connectivity index (χ1v) is 13.3. The number of benzene rings is 2. The van der Waals surface area contributed by atoms with E-state index >= 15 is 0 Å². The number of fused-ring (bicyclic) bond motifs is 3. The standard InChI is InChI=1S/C28H32F4N4O3/c1-2-39-27(38)35-12-10-34(11-13-35)26(37)23-16-20-15-21(28(30,31)32)5-8-24(20)36-14-9-33(18-25(23)36)17-19-3-6-22(29)7-4-19/h3-8,15,23,25H,2,9-14,16-18H2,1H3. The molecule has 7 nitrogen and oxygen atoms in total. The molecule has 0 spiro atoms. The van der Waals surface area contributed by atoms with Crippen molar-refractivity contribution in [1.82, 2.24) is 14.7 Å². The number of hydrogen-bond acceptors (Lipinski definition) is 5. The second kappa shape index (κ2) is 11.0. The highest BCUT2D eigenvalue weighted by atomic mass is 19.4. The Hall–Kier alpha value is -3.34. The lowest BCUT2D eigenvalue weighted by Gasteiger charge is -2.50. The quantitative estimate of drug-likeness (QED) is 0.541. The van der Waals surface area contributed by atoms with Gasteiger partial charge < -0.3 is 19.4 Å². The molecule has 3 aliphatic heterocycles. The van der Waals surface area contributed by atoms with Crippen molar-refractivity contribution in [2.45, 2.75) is 32.1 Å². The molecule has 0 radical (unpaired) electrons. The molecule has 11 heteroatoms. The van der Waals surface area contributed by atoms with Crippen LogP contribution in [0.3, 0.4) is 0 Å². The zero-order valence-corrected chi connectivity index (χ0v) is 21.8. The van der Waals surface area contributed by atoms with Gasteiger partial charge >= 0.3 is 12.3 Å². The Morgan fingerprint density at radius 1 is 0.949 bits per heavy atom. The van der Waals surface area contributed by atoms with Crippen LogP contribution in [0.1, 0.15) is 23.6 Å². The van der Waals surface area contributed by atoms with E-state index in [0.717, 1.165) is 17.3 Å². The Morgan fingerprint density at radius 2 is 1.64 bits per heavy atom. The van der Waals surface area contributed by atoms with E-state index in [1.165, 1.54) is 24.3 Å². The first kappa shape index (κ1) is 27.2.